The lowest BCUT2D eigenvalue weighted by Crippen LogP contribution is -2.45. The molecule has 1 heterocycles. The van der Waals surface area contributed by atoms with Crippen LogP contribution in [0.25, 0.3) is 0 Å². The molecular weight excluding hydrogens is 472 g/mol. The predicted molar refractivity (Wildman–Crippen MR) is 121 cm³/mol. The minimum Gasteiger partial charge on any atom is -0.324 e. The molecule has 0 saturated heterocycles. The molecule has 0 saturated carbocycles. The first-order valence-corrected chi connectivity index (χ1v) is 12.2. The highest BCUT2D eigenvalue weighted by Gasteiger charge is 2.27. The molecule has 0 aliphatic heterocycles. The van der Waals surface area contributed by atoms with Crippen molar-refractivity contribution < 1.29 is 13.2 Å². The minimum absolute atomic E-state index is 0.157. The van der Waals surface area contributed by atoms with E-state index in [0.29, 0.717) is 9.47 Å². The molecule has 0 unspecified atom stereocenters. The fourth-order valence-corrected chi connectivity index (χ4v) is 6.12. The van der Waals surface area contributed by atoms with Crippen molar-refractivity contribution in [3.63, 3.8) is 0 Å². The summed E-state index contributed by atoms with van der Waals surface area (Å²) in [7, 11) is -3.83. The Labute approximate surface area is 183 Å². The van der Waals surface area contributed by atoms with Crippen molar-refractivity contribution in [2.45, 2.75) is 30.0 Å². The lowest BCUT2D eigenvalue weighted by atomic mass is 10.1. The average molecular weight is 493 g/mol. The van der Waals surface area contributed by atoms with Gasteiger partial charge in [0, 0.05) is 5.69 Å². The first-order valence-electron chi connectivity index (χ1n) is 9.09. The van der Waals surface area contributed by atoms with Gasteiger partial charge >= 0.3 is 0 Å². The van der Waals surface area contributed by atoms with Gasteiger partial charge in [-0.3, -0.25) is 4.79 Å². The third-order valence-electron chi connectivity index (χ3n) is 4.37. The zero-order chi connectivity index (χ0) is 20.9. The molecule has 29 heavy (non-hydrogen) atoms. The van der Waals surface area contributed by atoms with E-state index in [1.807, 2.05) is 61.5 Å². The summed E-state index contributed by atoms with van der Waals surface area (Å²) in [5, 5.41) is 2.89. The Hall–Kier alpha value is -2.00. The smallest absolute Gasteiger partial charge is 0.250 e. The van der Waals surface area contributed by atoms with Gasteiger partial charge in [-0.15, -0.1) is 11.3 Å². The maximum atomic E-state index is 13.1. The first kappa shape index (κ1) is 21.7. The average Bonchev–Trinajstić information content (AvgIpc) is 3.16. The van der Waals surface area contributed by atoms with Gasteiger partial charge in [0.2, 0.25) is 5.91 Å². The SMILES string of the molecule is CCc1ccccc1NC(=O)[C@@H](Cc1ccccc1)NS(=O)(=O)c1ccc(Br)s1. The third kappa shape index (κ3) is 5.76. The Balaban J connectivity index is 1.87. The van der Waals surface area contributed by atoms with E-state index in [1.165, 1.54) is 6.07 Å². The molecule has 5 nitrogen and oxygen atoms in total. The van der Waals surface area contributed by atoms with E-state index in [4.69, 9.17) is 0 Å². The lowest BCUT2D eigenvalue weighted by molar-refractivity contribution is -0.117. The topological polar surface area (TPSA) is 75.3 Å². The number of benzene rings is 2. The van der Waals surface area contributed by atoms with E-state index >= 15 is 0 Å². The van der Waals surface area contributed by atoms with Crippen LogP contribution in [-0.2, 0) is 27.7 Å². The van der Waals surface area contributed by atoms with Gasteiger partial charge < -0.3 is 5.32 Å². The molecule has 3 rings (SSSR count). The molecule has 0 aliphatic carbocycles. The van der Waals surface area contributed by atoms with E-state index < -0.39 is 22.0 Å². The van der Waals surface area contributed by atoms with E-state index in [2.05, 4.69) is 26.0 Å². The number of nitrogens with one attached hydrogen (secondary N) is 2. The number of carbonyl (C=O) groups is 1. The lowest BCUT2D eigenvalue weighted by Gasteiger charge is -2.19. The van der Waals surface area contributed by atoms with Crippen molar-refractivity contribution in [2.24, 2.45) is 0 Å². The predicted octanol–water partition coefficient (Wildman–Crippen LogP) is 4.60. The third-order valence-corrected chi connectivity index (χ3v) is 7.95. The van der Waals surface area contributed by atoms with Crippen LogP contribution >= 0.6 is 27.3 Å². The second kappa shape index (κ2) is 9.67. The molecule has 2 aromatic carbocycles. The van der Waals surface area contributed by atoms with Crippen molar-refractivity contribution >= 4 is 48.9 Å². The summed E-state index contributed by atoms with van der Waals surface area (Å²) < 4.78 is 29.1. The summed E-state index contributed by atoms with van der Waals surface area (Å²) in [6, 6.07) is 19.1. The van der Waals surface area contributed by atoms with Crippen LogP contribution in [0.15, 0.2) is 74.7 Å². The number of anilines is 1. The molecule has 0 spiro atoms. The standard InChI is InChI=1S/C21H21BrN2O3S2/c1-2-16-10-6-7-11-17(16)23-21(25)18(14-15-8-4-3-5-9-15)24-29(26,27)20-13-12-19(22)28-20/h3-13,18,24H,2,14H2,1H3,(H,23,25)/t18-/m1/s1. The van der Waals surface area contributed by atoms with Crippen LogP contribution in [0.2, 0.25) is 0 Å². The largest absolute Gasteiger partial charge is 0.324 e. The number of sulfonamides is 1. The van der Waals surface area contributed by atoms with Gasteiger partial charge in [0.25, 0.3) is 10.0 Å². The molecule has 3 aromatic rings. The summed E-state index contributed by atoms with van der Waals surface area (Å²) >= 11 is 4.38. The van der Waals surface area contributed by atoms with Crippen LogP contribution in [0.3, 0.4) is 0 Å². The van der Waals surface area contributed by atoms with E-state index in [-0.39, 0.29) is 10.6 Å². The molecule has 0 aliphatic rings. The number of rotatable bonds is 8. The molecule has 1 amide bonds. The summed E-state index contributed by atoms with van der Waals surface area (Å²) in [5.41, 5.74) is 2.55. The molecular formula is C21H21BrN2O3S2. The highest BCUT2D eigenvalue weighted by Crippen LogP contribution is 2.26. The van der Waals surface area contributed by atoms with Crippen LogP contribution in [0.5, 0.6) is 0 Å². The molecule has 0 fully saturated rings. The van der Waals surface area contributed by atoms with Crippen LogP contribution < -0.4 is 10.0 Å². The van der Waals surface area contributed by atoms with Crippen LogP contribution in [0.1, 0.15) is 18.1 Å². The fourth-order valence-electron chi connectivity index (χ4n) is 2.90. The molecule has 152 valence electrons. The molecule has 0 radical (unpaired) electrons. The molecule has 1 atom stereocenters. The first-order chi connectivity index (χ1) is 13.9. The quantitative estimate of drug-likeness (QED) is 0.482. The zero-order valence-corrected chi connectivity index (χ0v) is 19.0. The Morgan fingerprint density at radius 2 is 1.72 bits per heavy atom. The number of halogens is 1. The Bertz CT molecular complexity index is 1080. The normalized spacial score (nSPS) is 12.5. The maximum absolute atomic E-state index is 13.1. The Kier molecular flexibility index (Phi) is 7.23. The summed E-state index contributed by atoms with van der Waals surface area (Å²) in [5.74, 6) is -0.394. The van der Waals surface area contributed by atoms with Gasteiger partial charge in [0.05, 0.1) is 3.79 Å². The summed E-state index contributed by atoms with van der Waals surface area (Å²) in [6.45, 7) is 2.00. The maximum Gasteiger partial charge on any atom is 0.250 e. The van der Waals surface area contributed by atoms with Crippen LogP contribution in [0, 0.1) is 0 Å². The van der Waals surface area contributed by atoms with Crippen molar-refractivity contribution in [3.05, 3.63) is 81.6 Å². The monoisotopic (exact) mass is 492 g/mol. The number of para-hydroxylation sites is 1. The van der Waals surface area contributed by atoms with Gasteiger partial charge in [-0.25, -0.2) is 8.42 Å². The second-order valence-electron chi connectivity index (χ2n) is 6.42. The Morgan fingerprint density at radius 3 is 2.38 bits per heavy atom. The van der Waals surface area contributed by atoms with Gasteiger partial charge in [0.1, 0.15) is 10.3 Å². The van der Waals surface area contributed by atoms with E-state index in [9.17, 15) is 13.2 Å². The second-order valence-corrected chi connectivity index (χ2v) is 10.8. The Morgan fingerprint density at radius 1 is 1.03 bits per heavy atom. The van der Waals surface area contributed by atoms with Crippen LogP contribution in [0.4, 0.5) is 5.69 Å². The summed E-state index contributed by atoms with van der Waals surface area (Å²) in [4.78, 5) is 13.1. The number of thiophene rings is 1. The highest BCUT2D eigenvalue weighted by molar-refractivity contribution is 9.11. The molecule has 1 aromatic heterocycles. The van der Waals surface area contributed by atoms with E-state index in [0.717, 1.165) is 28.9 Å². The van der Waals surface area contributed by atoms with Crippen molar-refractivity contribution in [3.8, 4) is 0 Å². The molecule has 2 N–H and O–H groups in total. The highest BCUT2D eigenvalue weighted by atomic mass is 79.9. The van der Waals surface area contributed by atoms with Gasteiger partial charge in [0.15, 0.2) is 0 Å². The van der Waals surface area contributed by atoms with Gasteiger partial charge in [-0.1, -0.05) is 55.5 Å². The number of hydrogen-bond acceptors (Lipinski definition) is 4. The number of carbonyl (C=O) groups excluding carboxylic acids is 1. The van der Waals surface area contributed by atoms with Crippen molar-refractivity contribution in [2.75, 3.05) is 5.32 Å². The van der Waals surface area contributed by atoms with Gasteiger partial charge in [-0.2, -0.15) is 4.72 Å². The minimum atomic E-state index is -3.83. The number of amides is 1. The fraction of sp³-hybridized carbons (Fsp3) is 0.190. The van der Waals surface area contributed by atoms with Crippen molar-refractivity contribution in [1.29, 1.82) is 0 Å². The van der Waals surface area contributed by atoms with Crippen LogP contribution in [-0.4, -0.2) is 20.4 Å². The van der Waals surface area contributed by atoms with Gasteiger partial charge in [-0.05, 0) is 58.1 Å². The summed E-state index contributed by atoms with van der Waals surface area (Å²) in [6.07, 6.45) is 1.00. The molecule has 8 heteroatoms. The number of aryl methyl sites for hydroxylation is 1. The zero-order valence-electron chi connectivity index (χ0n) is 15.8. The van der Waals surface area contributed by atoms with Crippen molar-refractivity contribution in [1.82, 2.24) is 4.72 Å². The molecule has 0 bridgehead atoms. The number of hydrogen-bond donors (Lipinski definition) is 2. The van der Waals surface area contributed by atoms with E-state index in [1.54, 1.807) is 6.07 Å².